The van der Waals surface area contributed by atoms with Crippen LogP contribution in [0, 0.1) is 6.92 Å². The summed E-state index contributed by atoms with van der Waals surface area (Å²) in [4.78, 5) is 44.7. The molecule has 7 atom stereocenters. The van der Waals surface area contributed by atoms with Crippen molar-refractivity contribution in [3.05, 3.63) is 23.8 Å². The van der Waals surface area contributed by atoms with E-state index in [4.69, 9.17) is 14.5 Å². The molecule has 36 heavy (non-hydrogen) atoms. The first-order valence-electron chi connectivity index (χ1n) is 10.7. The number of aliphatic hydroxyl groups is 2. The van der Waals surface area contributed by atoms with Gasteiger partial charge >= 0.3 is 23.5 Å². The predicted molar refractivity (Wildman–Crippen MR) is 121 cm³/mol. The van der Waals surface area contributed by atoms with Crippen molar-refractivity contribution in [3.8, 4) is 0 Å². The predicted octanol–water partition coefficient (Wildman–Crippen LogP) is 1.61. The summed E-state index contributed by atoms with van der Waals surface area (Å²) in [5.74, 6) is 0.131. The van der Waals surface area contributed by atoms with Gasteiger partial charge in [-0.25, -0.2) is 23.7 Å². The molecule has 1 aliphatic heterocycles. The lowest BCUT2D eigenvalue weighted by Gasteiger charge is -2.19. The Kier molecular flexibility index (Phi) is 8.96. The van der Waals surface area contributed by atoms with Crippen molar-refractivity contribution in [2.45, 2.75) is 64.1 Å². The molecule has 0 aliphatic carbocycles. The van der Waals surface area contributed by atoms with Crippen molar-refractivity contribution in [1.29, 1.82) is 0 Å². The zero-order valence-electron chi connectivity index (χ0n) is 19.4. The maximum absolute atomic E-state index is 12.0. The Morgan fingerprint density at radius 2 is 1.75 bits per heavy atom. The number of hydrogen-bond donors (Lipinski definition) is 6. The van der Waals surface area contributed by atoms with Gasteiger partial charge in [-0.15, -0.1) is 0 Å². The summed E-state index contributed by atoms with van der Waals surface area (Å²) in [7, 11) is -16.7. The number of phosphoric acid groups is 3. The van der Waals surface area contributed by atoms with E-state index in [0.717, 1.165) is 29.5 Å². The maximum Gasteiger partial charge on any atom is 0.490 e. The van der Waals surface area contributed by atoms with Crippen molar-refractivity contribution in [1.82, 2.24) is 14.5 Å². The average Bonchev–Trinajstić information content (AvgIpc) is 3.21. The minimum atomic E-state index is -5.70. The van der Waals surface area contributed by atoms with E-state index in [0.29, 0.717) is 5.65 Å². The summed E-state index contributed by atoms with van der Waals surface area (Å²) >= 11 is 0. The molecule has 0 saturated carbocycles. The number of ether oxygens (including phenoxy) is 1. The fourth-order valence-electron chi connectivity index (χ4n) is 4.00. The molecule has 0 bridgehead atoms. The lowest BCUT2D eigenvalue weighted by molar-refractivity contribution is -0.0501. The molecule has 1 fully saturated rings. The van der Waals surface area contributed by atoms with Crippen LogP contribution in [0.3, 0.4) is 0 Å². The molecule has 6 N–H and O–H groups in total. The Bertz CT molecular complexity index is 1230. The van der Waals surface area contributed by atoms with Crippen LogP contribution in [0.1, 0.15) is 50.1 Å². The summed E-state index contributed by atoms with van der Waals surface area (Å²) in [5, 5.41) is 21.8. The highest BCUT2D eigenvalue weighted by Crippen LogP contribution is 2.66. The summed E-state index contributed by atoms with van der Waals surface area (Å²) in [5.41, 5.74) is 2.05. The molecule has 1 saturated heterocycles. The van der Waals surface area contributed by atoms with E-state index >= 15 is 0 Å². The molecule has 3 rings (SSSR count). The van der Waals surface area contributed by atoms with E-state index < -0.39 is 54.6 Å². The van der Waals surface area contributed by atoms with Crippen molar-refractivity contribution >= 4 is 34.5 Å². The van der Waals surface area contributed by atoms with E-state index in [2.05, 4.69) is 30.0 Å². The second kappa shape index (κ2) is 11.0. The Labute approximate surface area is 205 Å². The largest absolute Gasteiger partial charge is 0.490 e. The SMILES string of the molecule is CCCC(C)c1ncnc2c1c(C)cn2C1OC(COP(=O)(O)OP(=O)(O)OP(=O)(O)O)C(O)C1O. The van der Waals surface area contributed by atoms with Crippen LogP contribution in [0.15, 0.2) is 12.5 Å². The number of aromatic nitrogens is 3. The fourth-order valence-corrected chi connectivity index (χ4v) is 7.03. The van der Waals surface area contributed by atoms with Crippen LogP contribution in [0.4, 0.5) is 0 Å². The summed E-state index contributed by atoms with van der Waals surface area (Å²) < 4.78 is 53.1. The second-order valence-electron chi connectivity index (χ2n) is 8.30. The van der Waals surface area contributed by atoms with Gasteiger partial charge in [0.1, 0.15) is 30.3 Å². The van der Waals surface area contributed by atoms with Crippen LogP contribution >= 0.6 is 23.5 Å². The van der Waals surface area contributed by atoms with Gasteiger partial charge in [0.2, 0.25) is 0 Å². The summed E-state index contributed by atoms with van der Waals surface area (Å²) in [6, 6.07) is 0. The van der Waals surface area contributed by atoms with Crippen molar-refractivity contribution in [2.75, 3.05) is 6.61 Å². The van der Waals surface area contributed by atoms with Gasteiger partial charge < -0.3 is 39.1 Å². The molecule has 3 heterocycles. The van der Waals surface area contributed by atoms with Crippen LogP contribution in [-0.2, 0) is 31.6 Å². The fraction of sp³-hybridized carbons (Fsp3) is 0.647. The highest BCUT2D eigenvalue weighted by molar-refractivity contribution is 7.66. The lowest BCUT2D eigenvalue weighted by atomic mass is 9.98. The van der Waals surface area contributed by atoms with Gasteiger partial charge in [-0.05, 0) is 24.8 Å². The van der Waals surface area contributed by atoms with Crippen molar-refractivity contribution in [2.24, 2.45) is 0 Å². The van der Waals surface area contributed by atoms with Gasteiger partial charge in [0.05, 0.1) is 12.3 Å². The van der Waals surface area contributed by atoms with Crippen LogP contribution in [0.2, 0.25) is 0 Å². The van der Waals surface area contributed by atoms with E-state index in [9.17, 15) is 33.7 Å². The van der Waals surface area contributed by atoms with E-state index in [1.54, 1.807) is 6.20 Å². The van der Waals surface area contributed by atoms with E-state index in [1.807, 2.05) is 13.8 Å². The Morgan fingerprint density at radius 3 is 2.36 bits per heavy atom. The number of aryl methyl sites for hydroxylation is 1. The Morgan fingerprint density at radius 1 is 1.08 bits per heavy atom. The van der Waals surface area contributed by atoms with Gasteiger partial charge in [0.15, 0.2) is 6.23 Å². The summed E-state index contributed by atoms with van der Waals surface area (Å²) in [6.07, 6.45) is -0.873. The molecule has 7 unspecified atom stereocenters. The minimum absolute atomic E-state index is 0.131. The van der Waals surface area contributed by atoms with Gasteiger partial charge in [0, 0.05) is 11.6 Å². The van der Waals surface area contributed by atoms with Gasteiger partial charge in [-0.1, -0.05) is 20.3 Å². The Balaban J connectivity index is 1.78. The molecule has 204 valence electrons. The molecule has 0 spiro atoms. The highest BCUT2D eigenvalue weighted by atomic mass is 31.3. The minimum Gasteiger partial charge on any atom is -0.387 e. The van der Waals surface area contributed by atoms with Gasteiger partial charge in [-0.3, -0.25) is 4.52 Å². The monoisotopic (exact) mass is 575 g/mol. The molecule has 2 aromatic rings. The molecular formula is C17H28N3O13P3. The molecule has 16 nitrogen and oxygen atoms in total. The number of nitrogens with zero attached hydrogens (tertiary/aromatic N) is 3. The molecule has 2 aromatic heterocycles. The van der Waals surface area contributed by atoms with Crippen molar-refractivity contribution < 1.29 is 61.4 Å². The topological polar surface area (TPSA) is 240 Å². The summed E-state index contributed by atoms with van der Waals surface area (Å²) in [6.45, 7) is 5.00. The normalized spacial score (nSPS) is 27.1. The quantitative estimate of drug-likeness (QED) is 0.209. The smallest absolute Gasteiger partial charge is 0.387 e. The molecule has 0 radical (unpaired) electrons. The average molecular weight is 575 g/mol. The molecule has 1 aliphatic rings. The van der Waals surface area contributed by atoms with Crippen LogP contribution < -0.4 is 0 Å². The second-order valence-corrected chi connectivity index (χ2v) is 12.7. The first-order chi connectivity index (χ1) is 16.6. The first kappa shape index (κ1) is 29.5. The van der Waals surface area contributed by atoms with E-state index in [-0.39, 0.29) is 5.92 Å². The van der Waals surface area contributed by atoms with Crippen LogP contribution in [0.5, 0.6) is 0 Å². The number of aliphatic hydroxyl groups excluding tert-OH is 2. The number of phosphoric ester groups is 1. The number of rotatable bonds is 11. The Hall–Kier alpha value is -1.09. The molecule has 0 amide bonds. The maximum atomic E-state index is 12.0. The third-order valence-corrected chi connectivity index (χ3v) is 9.25. The van der Waals surface area contributed by atoms with Gasteiger partial charge in [-0.2, -0.15) is 8.62 Å². The lowest BCUT2D eigenvalue weighted by Crippen LogP contribution is -2.33. The molecule has 0 aromatic carbocycles. The van der Waals surface area contributed by atoms with E-state index in [1.165, 1.54) is 10.9 Å². The number of hydrogen-bond acceptors (Lipinski definition) is 11. The standard InChI is InChI=1S/C17H28N3O13P3/c1-4-5-9(2)13-12-10(3)6-20(16(12)19-8-18-13)17-15(22)14(21)11(31-17)7-30-35(26,27)33-36(28,29)32-34(23,24)25/h6,8-9,11,14-15,17,21-22H,4-5,7H2,1-3H3,(H,26,27)(H,28,29)(H2,23,24,25). The first-order valence-corrected chi connectivity index (χ1v) is 15.2. The van der Waals surface area contributed by atoms with Crippen LogP contribution in [-0.4, -0.2) is 69.2 Å². The zero-order valence-corrected chi connectivity index (χ0v) is 22.1. The van der Waals surface area contributed by atoms with Crippen LogP contribution in [0.25, 0.3) is 11.0 Å². The third-order valence-electron chi connectivity index (χ3n) is 5.45. The van der Waals surface area contributed by atoms with Gasteiger partial charge in [0.25, 0.3) is 0 Å². The van der Waals surface area contributed by atoms with Crippen molar-refractivity contribution in [3.63, 3.8) is 0 Å². The molecular weight excluding hydrogens is 547 g/mol. The number of fused-ring (bicyclic) bond motifs is 1. The molecule has 19 heteroatoms. The third kappa shape index (κ3) is 6.86. The highest BCUT2D eigenvalue weighted by Gasteiger charge is 2.47. The zero-order chi connectivity index (χ0) is 27.1.